The average molecular weight is 464 g/mol. The zero-order valence-corrected chi connectivity index (χ0v) is 17.7. The Balaban J connectivity index is 1.93. The van der Waals surface area contributed by atoms with Gasteiger partial charge in [0.15, 0.2) is 5.82 Å². The summed E-state index contributed by atoms with van der Waals surface area (Å²) < 4.78 is 21.0. The number of benzene rings is 1. The number of aliphatic imine (C=N–C) groups is 1. The molecule has 0 aliphatic heterocycles. The van der Waals surface area contributed by atoms with Gasteiger partial charge >= 0.3 is 5.97 Å². The van der Waals surface area contributed by atoms with Crippen LogP contribution in [0.1, 0.15) is 18.1 Å². The first-order valence-electron chi connectivity index (χ1n) is 8.96. The minimum atomic E-state index is -1.02. The van der Waals surface area contributed by atoms with Gasteiger partial charge in [0, 0.05) is 6.21 Å². The van der Waals surface area contributed by atoms with Crippen molar-refractivity contribution >= 4 is 46.8 Å². The first kappa shape index (κ1) is 22.4. The van der Waals surface area contributed by atoms with Gasteiger partial charge in [-0.05, 0) is 24.6 Å². The molecule has 0 amide bonds. The molecule has 0 aliphatic rings. The highest BCUT2D eigenvalue weighted by Gasteiger charge is 2.23. The number of carbonyl (C=O) groups is 1. The largest absolute Gasteiger partial charge is 0.506 e. The summed E-state index contributed by atoms with van der Waals surface area (Å²) in [4.78, 5) is 24.1. The van der Waals surface area contributed by atoms with Crippen LogP contribution in [0.2, 0.25) is 10.2 Å². The van der Waals surface area contributed by atoms with Gasteiger partial charge in [-0.15, -0.1) is 0 Å². The van der Waals surface area contributed by atoms with Crippen LogP contribution in [0.15, 0.2) is 53.7 Å². The molecular formula is C20H16Cl2FN5O3. The normalized spacial score (nSPS) is 12.1. The van der Waals surface area contributed by atoms with Crippen molar-refractivity contribution in [1.29, 1.82) is 0 Å². The van der Waals surface area contributed by atoms with Crippen molar-refractivity contribution in [3.05, 3.63) is 75.8 Å². The molecule has 0 saturated heterocycles. The highest BCUT2D eigenvalue weighted by atomic mass is 35.5. The number of rotatable bonds is 7. The molecular weight excluding hydrogens is 448 g/mol. The van der Waals surface area contributed by atoms with E-state index < -0.39 is 28.7 Å². The molecule has 3 aromatic rings. The zero-order chi connectivity index (χ0) is 22.4. The zero-order valence-electron chi connectivity index (χ0n) is 16.2. The second-order valence-electron chi connectivity index (χ2n) is 6.09. The maximum atomic E-state index is 14.4. The molecule has 0 aliphatic carbocycles. The van der Waals surface area contributed by atoms with E-state index in [1.165, 1.54) is 6.33 Å². The second-order valence-corrected chi connectivity index (χ2v) is 6.85. The summed E-state index contributed by atoms with van der Waals surface area (Å²) in [6.45, 7) is 2.15. The summed E-state index contributed by atoms with van der Waals surface area (Å²) in [6, 6.07) is 7.05. The van der Waals surface area contributed by atoms with Gasteiger partial charge in [-0.3, -0.25) is 4.99 Å². The van der Waals surface area contributed by atoms with Crippen LogP contribution < -0.4 is 0 Å². The lowest BCUT2D eigenvalue weighted by molar-refractivity contribution is -0.137. The van der Waals surface area contributed by atoms with Crippen LogP contribution in [0.5, 0.6) is 0 Å². The predicted molar refractivity (Wildman–Crippen MR) is 114 cm³/mol. The molecule has 3 rings (SSSR count). The molecule has 160 valence electrons. The first-order chi connectivity index (χ1) is 14.9. The number of pyridine rings is 1. The smallest absolute Gasteiger partial charge is 0.343 e. The Kier molecular flexibility index (Phi) is 7.32. The number of halogens is 3. The molecule has 1 N–H and O–H groups in total. The van der Waals surface area contributed by atoms with E-state index in [4.69, 9.17) is 27.9 Å². The van der Waals surface area contributed by atoms with E-state index in [1.807, 2.05) is 12.1 Å². The standard InChI is InChI=1S/C20H16Cl2FN5O3/c1-2-31-20(30)14(18(29)16-17(23)15(21)8-26-19(16)22)7-25-13-5-3-12(4-6-13)9-28-11-24-10-27-28/h3-8,10-11,29H,2,9H2,1H3. The van der Waals surface area contributed by atoms with E-state index in [9.17, 15) is 14.3 Å². The summed E-state index contributed by atoms with van der Waals surface area (Å²) >= 11 is 11.6. The summed E-state index contributed by atoms with van der Waals surface area (Å²) in [5.41, 5.74) is 0.505. The lowest BCUT2D eigenvalue weighted by atomic mass is 10.1. The molecule has 0 bridgehead atoms. The fourth-order valence-corrected chi connectivity index (χ4v) is 2.89. The SMILES string of the molecule is CCOC(=O)C(C=Nc1ccc(Cn2cncn2)cc1)=C(O)c1c(Cl)ncc(Cl)c1F. The van der Waals surface area contributed by atoms with Crippen molar-refractivity contribution in [2.24, 2.45) is 4.99 Å². The monoisotopic (exact) mass is 463 g/mol. The number of hydrogen-bond donors (Lipinski definition) is 1. The van der Waals surface area contributed by atoms with Crippen molar-refractivity contribution in [3.63, 3.8) is 0 Å². The van der Waals surface area contributed by atoms with Crippen LogP contribution in [-0.2, 0) is 16.1 Å². The van der Waals surface area contributed by atoms with Gasteiger partial charge in [-0.2, -0.15) is 5.10 Å². The van der Waals surface area contributed by atoms with Crippen molar-refractivity contribution < 1.29 is 19.0 Å². The number of aromatic nitrogens is 4. The minimum absolute atomic E-state index is 0.0322. The first-order valence-corrected chi connectivity index (χ1v) is 9.72. The molecule has 0 unspecified atom stereocenters. The van der Waals surface area contributed by atoms with Crippen molar-refractivity contribution in [2.75, 3.05) is 6.61 Å². The van der Waals surface area contributed by atoms with Gasteiger partial charge in [0.05, 0.1) is 35.6 Å². The van der Waals surface area contributed by atoms with Crippen LogP contribution in [0.4, 0.5) is 10.1 Å². The minimum Gasteiger partial charge on any atom is -0.506 e. The number of nitrogens with zero attached hydrogens (tertiary/aromatic N) is 5. The van der Waals surface area contributed by atoms with Crippen LogP contribution in [0, 0.1) is 5.82 Å². The van der Waals surface area contributed by atoms with Crippen molar-refractivity contribution in [1.82, 2.24) is 19.7 Å². The summed E-state index contributed by atoms with van der Waals surface area (Å²) in [5.74, 6) is -2.73. The van der Waals surface area contributed by atoms with Crippen LogP contribution in [0.3, 0.4) is 0 Å². The molecule has 8 nitrogen and oxygen atoms in total. The Morgan fingerprint density at radius 3 is 2.71 bits per heavy atom. The maximum Gasteiger partial charge on any atom is 0.343 e. The highest BCUT2D eigenvalue weighted by Crippen LogP contribution is 2.30. The molecule has 2 aromatic heterocycles. The topological polar surface area (TPSA) is 102 Å². The Morgan fingerprint density at radius 1 is 1.32 bits per heavy atom. The molecule has 31 heavy (non-hydrogen) atoms. The van der Waals surface area contributed by atoms with E-state index in [1.54, 1.807) is 30.1 Å². The third-order valence-electron chi connectivity index (χ3n) is 4.00. The summed E-state index contributed by atoms with van der Waals surface area (Å²) in [5, 5.41) is 13.9. The predicted octanol–water partition coefficient (Wildman–Crippen LogP) is 4.40. The number of hydrogen-bond acceptors (Lipinski definition) is 7. The van der Waals surface area contributed by atoms with Crippen LogP contribution in [0.25, 0.3) is 5.76 Å². The molecule has 2 heterocycles. The number of aliphatic hydroxyl groups is 1. The van der Waals surface area contributed by atoms with Crippen LogP contribution >= 0.6 is 23.2 Å². The molecule has 0 fully saturated rings. The van der Waals surface area contributed by atoms with Gasteiger partial charge in [0.25, 0.3) is 0 Å². The van der Waals surface area contributed by atoms with E-state index in [-0.39, 0.29) is 16.8 Å². The lowest BCUT2D eigenvalue weighted by Crippen LogP contribution is -2.12. The quantitative estimate of drug-likeness (QED) is 0.183. The van der Waals surface area contributed by atoms with E-state index >= 15 is 0 Å². The molecule has 0 saturated carbocycles. The molecule has 11 heteroatoms. The molecule has 0 spiro atoms. The third-order valence-corrected chi connectivity index (χ3v) is 4.55. The third kappa shape index (κ3) is 5.44. The van der Waals surface area contributed by atoms with E-state index in [0.717, 1.165) is 18.0 Å². The second kappa shape index (κ2) is 10.1. The average Bonchev–Trinajstić information content (AvgIpc) is 3.26. The van der Waals surface area contributed by atoms with Crippen LogP contribution in [-0.4, -0.2) is 43.6 Å². The lowest BCUT2D eigenvalue weighted by Gasteiger charge is -2.09. The number of carbonyl (C=O) groups excluding carboxylic acids is 1. The molecule has 1 aromatic carbocycles. The number of ether oxygens (including phenoxy) is 1. The summed E-state index contributed by atoms with van der Waals surface area (Å²) in [6.07, 6.45) is 5.10. The Hall–Kier alpha value is -3.30. The van der Waals surface area contributed by atoms with Crippen molar-refractivity contribution in [3.8, 4) is 0 Å². The highest BCUT2D eigenvalue weighted by molar-refractivity contribution is 6.33. The maximum absolute atomic E-state index is 14.4. The van der Waals surface area contributed by atoms with E-state index in [2.05, 4.69) is 20.1 Å². The van der Waals surface area contributed by atoms with Gasteiger partial charge in [-0.25, -0.2) is 23.8 Å². The van der Waals surface area contributed by atoms with Gasteiger partial charge in [0.1, 0.15) is 29.1 Å². The Labute approximate surface area is 186 Å². The Morgan fingerprint density at radius 2 is 2.06 bits per heavy atom. The molecule has 0 atom stereocenters. The summed E-state index contributed by atoms with van der Waals surface area (Å²) in [7, 11) is 0. The fourth-order valence-electron chi connectivity index (χ4n) is 2.53. The van der Waals surface area contributed by atoms with Gasteiger partial charge in [0.2, 0.25) is 0 Å². The van der Waals surface area contributed by atoms with Gasteiger partial charge < -0.3 is 9.84 Å². The Bertz CT molecular complexity index is 1130. The fraction of sp³-hybridized carbons (Fsp3) is 0.150. The number of aliphatic hydroxyl groups excluding tert-OH is 1. The number of esters is 1. The molecule has 0 radical (unpaired) electrons. The van der Waals surface area contributed by atoms with Crippen molar-refractivity contribution in [2.45, 2.75) is 13.5 Å². The van der Waals surface area contributed by atoms with E-state index in [0.29, 0.717) is 12.2 Å². The van der Waals surface area contributed by atoms with Gasteiger partial charge in [-0.1, -0.05) is 35.3 Å².